The van der Waals surface area contributed by atoms with Crippen LogP contribution in [0.5, 0.6) is 0 Å². The normalized spacial score (nSPS) is 12.1. The van der Waals surface area contributed by atoms with E-state index in [1.165, 1.54) is 10.9 Å². The van der Waals surface area contributed by atoms with Gasteiger partial charge in [-0.15, -0.1) is 0 Å². The van der Waals surface area contributed by atoms with Gasteiger partial charge < -0.3 is 4.74 Å². The van der Waals surface area contributed by atoms with Crippen LogP contribution in [0, 0.1) is 17.2 Å². The van der Waals surface area contributed by atoms with Crippen LogP contribution in [-0.4, -0.2) is 32.0 Å². The fraction of sp³-hybridized carbons (Fsp3) is 0.304. The van der Waals surface area contributed by atoms with E-state index >= 15 is 0 Å². The van der Waals surface area contributed by atoms with Gasteiger partial charge in [-0.2, -0.15) is 15.5 Å². The third-order valence-corrected chi connectivity index (χ3v) is 5.17. The Morgan fingerprint density at radius 1 is 1.06 bits per heavy atom. The highest BCUT2D eigenvalue weighted by atomic mass is 79.9. The van der Waals surface area contributed by atoms with Crippen LogP contribution in [0.25, 0.3) is 21.8 Å². The van der Waals surface area contributed by atoms with Crippen molar-refractivity contribution in [2.24, 2.45) is 5.92 Å². The second-order valence-corrected chi connectivity index (χ2v) is 8.61. The number of ether oxygens (including phenoxy) is 1. The van der Waals surface area contributed by atoms with Crippen LogP contribution in [0.15, 0.2) is 48.8 Å². The van der Waals surface area contributed by atoms with Gasteiger partial charge in [0.1, 0.15) is 11.5 Å². The SMILES string of the molecule is BrCc1cccc2[nH]ncc12.CC(C)(C)OC(=O)C(C#N)Cc1cccc2[nH]ncc12. The molecule has 0 bridgehead atoms. The zero-order chi connectivity index (χ0) is 22.4. The molecule has 160 valence electrons. The topological polar surface area (TPSA) is 107 Å². The Hall–Kier alpha value is -3.18. The van der Waals surface area contributed by atoms with E-state index in [1.807, 2.05) is 42.6 Å². The number of alkyl halides is 1. The fourth-order valence-corrected chi connectivity index (χ4v) is 3.62. The Labute approximate surface area is 188 Å². The van der Waals surface area contributed by atoms with E-state index in [4.69, 9.17) is 4.74 Å². The first-order valence-corrected chi connectivity index (χ1v) is 10.9. The van der Waals surface area contributed by atoms with E-state index in [0.717, 1.165) is 27.3 Å². The summed E-state index contributed by atoms with van der Waals surface area (Å²) in [7, 11) is 0. The molecule has 0 aliphatic rings. The highest BCUT2D eigenvalue weighted by molar-refractivity contribution is 9.08. The first-order valence-electron chi connectivity index (χ1n) is 9.82. The Morgan fingerprint density at radius 2 is 1.61 bits per heavy atom. The summed E-state index contributed by atoms with van der Waals surface area (Å²) in [5, 5.41) is 25.9. The van der Waals surface area contributed by atoms with Gasteiger partial charge in [-0.05, 0) is 50.5 Å². The average molecular weight is 482 g/mol. The number of H-pyrrole nitrogens is 2. The number of hydrogen-bond donors (Lipinski definition) is 2. The predicted molar refractivity (Wildman–Crippen MR) is 123 cm³/mol. The van der Waals surface area contributed by atoms with Crippen molar-refractivity contribution >= 4 is 43.7 Å². The summed E-state index contributed by atoms with van der Waals surface area (Å²) in [5.41, 5.74) is 3.59. The fourth-order valence-electron chi connectivity index (χ4n) is 3.13. The lowest BCUT2D eigenvalue weighted by atomic mass is 9.98. The van der Waals surface area contributed by atoms with Crippen LogP contribution >= 0.6 is 15.9 Å². The molecule has 7 nitrogen and oxygen atoms in total. The van der Waals surface area contributed by atoms with Gasteiger partial charge in [-0.25, -0.2) is 0 Å². The van der Waals surface area contributed by atoms with Crippen LogP contribution in [0.3, 0.4) is 0 Å². The molecule has 0 amide bonds. The third-order valence-electron chi connectivity index (χ3n) is 4.57. The minimum absolute atomic E-state index is 0.322. The molecule has 4 aromatic rings. The second kappa shape index (κ2) is 9.75. The van der Waals surface area contributed by atoms with E-state index in [1.54, 1.807) is 27.0 Å². The number of nitrogens with one attached hydrogen (secondary N) is 2. The Morgan fingerprint density at radius 3 is 2.13 bits per heavy atom. The maximum Gasteiger partial charge on any atom is 0.324 e. The van der Waals surface area contributed by atoms with Gasteiger partial charge in [-0.3, -0.25) is 15.0 Å². The zero-order valence-corrected chi connectivity index (χ0v) is 19.2. The van der Waals surface area contributed by atoms with Gasteiger partial charge >= 0.3 is 5.97 Å². The van der Waals surface area contributed by atoms with E-state index in [-0.39, 0.29) is 0 Å². The number of hydrogen-bond acceptors (Lipinski definition) is 5. The van der Waals surface area contributed by atoms with Gasteiger partial charge in [0, 0.05) is 16.1 Å². The van der Waals surface area contributed by atoms with Crippen molar-refractivity contribution < 1.29 is 9.53 Å². The molecule has 8 heteroatoms. The van der Waals surface area contributed by atoms with Crippen LogP contribution in [0.4, 0.5) is 0 Å². The highest BCUT2D eigenvalue weighted by Crippen LogP contribution is 2.21. The van der Waals surface area contributed by atoms with Crippen LogP contribution < -0.4 is 0 Å². The zero-order valence-electron chi connectivity index (χ0n) is 17.6. The standard InChI is InChI=1S/C15H17N3O2.C8H7BrN2/c1-15(2,3)20-14(19)11(8-16)7-10-5-4-6-13-12(10)9-17-18-13;9-4-6-2-1-3-8-7(6)5-10-11-8/h4-6,9,11H,7H2,1-3H3,(H,17,18);1-3,5H,4H2,(H,10,11). The molecular formula is C23H24BrN5O2. The first kappa shape index (κ1) is 22.5. The summed E-state index contributed by atoms with van der Waals surface area (Å²) in [6.07, 6.45) is 3.88. The second-order valence-electron chi connectivity index (χ2n) is 8.05. The predicted octanol–water partition coefficient (Wildman–Crippen LogP) is 5.04. The lowest BCUT2D eigenvalue weighted by molar-refractivity contribution is -0.157. The quantitative estimate of drug-likeness (QED) is 0.313. The van der Waals surface area contributed by atoms with Crippen molar-refractivity contribution in [3.8, 4) is 6.07 Å². The molecular weight excluding hydrogens is 458 g/mol. The molecule has 2 aromatic heterocycles. The van der Waals surface area contributed by atoms with E-state index in [9.17, 15) is 10.1 Å². The molecule has 1 unspecified atom stereocenters. The molecule has 0 aliphatic heterocycles. The number of esters is 1. The van der Waals surface area contributed by atoms with Gasteiger partial charge in [0.2, 0.25) is 0 Å². The Balaban J connectivity index is 0.000000207. The number of aromatic nitrogens is 4. The van der Waals surface area contributed by atoms with Crippen LogP contribution in [0.2, 0.25) is 0 Å². The van der Waals surface area contributed by atoms with Crippen molar-refractivity contribution in [2.75, 3.05) is 0 Å². The lowest BCUT2D eigenvalue weighted by Gasteiger charge is -2.21. The molecule has 0 spiro atoms. The molecule has 0 fully saturated rings. The molecule has 1 atom stereocenters. The van der Waals surface area contributed by atoms with E-state index in [0.29, 0.717) is 6.42 Å². The number of carbonyl (C=O) groups excluding carboxylic acids is 1. The van der Waals surface area contributed by atoms with E-state index < -0.39 is 17.5 Å². The molecule has 0 radical (unpaired) electrons. The summed E-state index contributed by atoms with van der Waals surface area (Å²) in [6.45, 7) is 5.36. The van der Waals surface area contributed by atoms with Crippen molar-refractivity contribution in [1.29, 1.82) is 5.26 Å². The Kier molecular flexibility index (Phi) is 7.08. The van der Waals surface area contributed by atoms with Gasteiger partial charge in [0.05, 0.1) is 29.5 Å². The number of benzene rings is 2. The maximum atomic E-state index is 12.0. The maximum absolute atomic E-state index is 12.0. The minimum atomic E-state index is -0.810. The number of halogens is 1. The largest absolute Gasteiger partial charge is 0.459 e. The Bertz CT molecular complexity index is 1220. The number of aromatic amines is 2. The number of nitrogens with zero attached hydrogens (tertiary/aromatic N) is 3. The molecule has 0 aliphatic carbocycles. The van der Waals surface area contributed by atoms with Crippen LogP contribution in [-0.2, 0) is 21.3 Å². The third kappa shape index (κ3) is 5.70. The summed E-state index contributed by atoms with van der Waals surface area (Å²) in [4.78, 5) is 12.0. The monoisotopic (exact) mass is 481 g/mol. The molecule has 2 aromatic carbocycles. The molecule has 31 heavy (non-hydrogen) atoms. The molecule has 4 rings (SSSR count). The van der Waals surface area contributed by atoms with Gasteiger partial charge in [-0.1, -0.05) is 40.2 Å². The van der Waals surface area contributed by atoms with Gasteiger partial charge in [0.25, 0.3) is 0 Å². The average Bonchev–Trinajstić information content (AvgIpc) is 3.40. The summed E-state index contributed by atoms with van der Waals surface area (Å²) in [6, 6.07) is 13.8. The highest BCUT2D eigenvalue weighted by Gasteiger charge is 2.25. The summed E-state index contributed by atoms with van der Waals surface area (Å²) >= 11 is 3.42. The van der Waals surface area contributed by atoms with Crippen LogP contribution in [0.1, 0.15) is 31.9 Å². The lowest BCUT2D eigenvalue weighted by Crippen LogP contribution is -2.29. The minimum Gasteiger partial charge on any atom is -0.459 e. The molecule has 2 heterocycles. The summed E-state index contributed by atoms with van der Waals surface area (Å²) in [5.74, 6) is -1.30. The molecule has 0 saturated heterocycles. The molecule has 0 saturated carbocycles. The number of nitriles is 1. The van der Waals surface area contributed by atoms with Crippen molar-refractivity contribution in [1.82, 2.24) is 20.4 Å². The number of rotatable bonds is 4. The number of carbonyl (C=O) groups is 1. The van der Waals surface area contributed by atoms with Crippen molar-refractivity contribution in [2.45, 2.75) is 38.1 Å². The van der Waals surface area contributed by atoms with Crippen molar-refractivity contribution in [3.05, 3.63) is 59.9 Å². The van der Waals surface area contributed by atoms with Crippen molar-refractivity contribution in [3.63, 3.8) is 0 Å². The van der Waals surface area contributed by atoms with E-state index in [2.05, 4.69) is 42.4 Å². The van der Waals surface area contributed by atoms with Gasteiger partial charge in [0.15, 0.2) is 0 Å². The number of fused-ring (bicyclic) bond motifs is 2. The summed E-state index contributed by atoms with van der Waals surface area (Å²) < 4.78 is 5.27. The molecule has 2 N–H and O–H groups in total. The smallest absolute Gasteiger partial charge is 0.324 e. The first-order chi connectivity index (χ1) is 14.8.